The molecular weight excluding hydrogens is 262 g/mol. The van der Waals surface area contributed by atoms with E-state index in [0.29, 0.717) is 18.3 Å². The normalized spacial score (nSPS) is 17.9. The van der Waals surface area contributed by atoms with Crippen LogP contribution in [0.15, 0.2) is 0 Å². The zero-order valence-corrected chi connectivity index (χ0v) is 13.3. The molecule has 1 fully saturated rings. The summed E-state index contributed by atoms with van der Waals surface area (Å²) in [5.74, 6) is 0.845. The first-order valence-corrected chi connectivity index (χ1v) is 7.76. The molecule has 0 atom stereocenters. The Labute approximate surface area is 122 Å². The molecule has 1 rings (SSSR count). The van der Waals surface area contributed by atoms with Crippen molar-refractivity contribution in [1.82, 2.24) is 14.7 Å². The maximum absolute atomic E-state index is 12.3. The molecule has 19 heavy (non-hydrogen) atoms. The molecule has 0 spiro atoms. The molecule has 0 aromatic heterocycles. The van der Waals surface area contributed by atoms with Gasteiger partial charge in [0, 0.05) is 31.4 Å². The molecule has 0 N–H and O–H groups in total. The number of alkyl halides is 1. The number of hydrogen-bond acceptors (Lipinski definition) is 3. The number of carbonyl (C=O) groups is 1. The van der Waals surface area contributed by atoms with Crippen molar-refractivity contribution >= 4 is 17.5 Å². The highest BCUT2D eigenvalue weighted by molar-refractivity contribution is 6.17. The Balaban J connectivity index is 2.54. The van der Waals surface area contributed by atoms with Crippen LogP contribution in [0.3, 0.4) is 0 Å². The highest BCUT2D eigenvalue weighted by atomic mass is 35.5. The Kier molecular flexibility index (Phi) is 7.73. The summed E-state index contributed by atoms with van der Waals surface area (Å²) in [4.78, 5) is 18.9. The maximum atomic E-state index is 12.3. The third-order valence-corrected chi connectivity index (χ3v) is 4.03. The molecule has 0 bridgehead atoms. The van der Waals surface area contributed by atoms with Gasteiger partial charge in [0.25, 0.3) is 0 Å². The lowest BCUT2D eigenvalue weighted by molar-refractivity contribution is -0.134. The molecule has 112 valence electrons. The van der Waals surface area contributed by atoms with E-state index in [1.807, 2.05) is 0 Å². The Morgan fingerprint density at radius 3 is 2.42 bits per heavy atom. The smallest absolute Gasteiger partial charge is 0.222 e. The minimum Gasteiger partial charge on any atom is -0.338 e. The molecule has 1 aliphatic heterocycles. The third-order valence-electron chi connectivity index (χ3n) is 3.76. The zero-order valence-electron chi connectivity index (χ0n) is 12.6. The van der Waals surface area contributed by atoms with Crippen LogP contribution in [0.5, 0.6) is 0 Å². The number of carbonyl (C=O) groups excluding carboxylic acids is 1. The van der Waals surface area contributed by atoms with Crippen LogP contribution in [0.25, 0.3) is 0 Å². The summed E-state index contributed by atoms with van der Waals surface area (Å²) in [6.07, 6.45) is 3.56. The minimum atomic E-state index is 0.275. The van der Waals surface area contributed by atoms with E-state index in [9.17, 15) is 4.79 Å². The van der Waals surface area contributed by atoms with Gasteiger partial charge in [-0.05, 0) is 53.5 Å². The summed E-state index contributed by atoms with van der Waals surface area (Å²) >= 11 is 5.70. The lowest BCUT2D eigenvalue weighted by Gasteiger charge is -2.38. The van der Waals surface area contributed by atoms with Crippen LogP contribution in [0.1, 0.15) is 25.7 Å². The van der Waals surface area contributed by atoms with Gasteiger partial charge in [-0.3, -0.25) is 4.79 Å². The first kappa shape index (κ1) is 16.7. The van der Waals surface area contributed by atoms with Gasteiger partial charge < -0.3 is 14.7 Å². The first-order chi connectivity index (χ1) is 9.04. The van der Waals surface area contributed by atoms with E-state index >= 15 is 0 Å². The number of hydrogen-bond donors (Lipinski definition) is 0. The second-order valence-corrected chi connectivity index (χ2v) is 6.10. The van der Waals surface area contributed by atoms with Gasteiger partial charge in [-0.1, -0.05) is 0 Å². The lowest BCUT2D eigenvalue weighted by atomic mass is 10.0. The number of amides is 1. The van der Waals surface area contributed by atoms with Crippen molar-refractivity contribution in [3.63, 3.8) is 0 Å². The summed E-state index contributed by atoms with van der Waals surface area (Å²) < 4.78 is 0. The predicted octanol–water partition coefficient (Wildman–Crippen LogP) is 1.49. The van der Waals surface area contributed by atoms with Crippen molar-refractivity contribution in [3.05, 3.63) is 0 Å². The van der Waals surface area contributed by atoms with Crippen LogP contribution in [0, 0.1) is 0 Å². The zero-order chi connectivity index (χ0) is 14.3. The number of halogens is 1. The van der Waals surface area contributed by atoms with Crippen molar-refractivity contribution < 1.29 is 4.79 Å². The summed E-state index contributed by atoms with van der Waals surface area (Å²) in [5, 5.41) is 0. The average Bonchev–Trinajstić information content (AvgIpc) is 2.38. The number of likely N-dealkylation sites (tertiary alicyclic amines) is 1. The summed E-state index contributed by atoms with van der Waals surface area (Å²) in [7, 11) is 6.25. The quantitative estimate of drug-likeness (QED) is 0.665. The van der Waals surface area contributed by atoms with Crippen LogP contribution in [0.4, 0.5) is 0 Å². The van der Waals surface area contributed by atoms with Gasteiger partial charge in [0.05, 0.1) is 0 Å². The van der Waals surface area contributed by atoms with Gasteiger partial charge in [-0.25, -0.2) is 0 Å². The Bertz CT molecular complexity index is 265. The van der Waals surface area contributed by atoms with E-state index in [2.05, 4.69) is 35.8 Å². The molecule has 0 saturated carbocycles. The third kappa shape index (κ3) is 6.11. The number of nitrogens with zero attached hydrogens (tertiary/aromatic N) is 3. The fourth-order valence-electron chi connectivity index (χ4n) is 2.49. The van der Waals surface area contributed by atoms with Gasteiger partial charge in [0.15, 0.2) is 0 Å². The van der Waals surface area contributed by atoms with Crippen LogP contribution in [0.2, 0.25) is 0 Å². The first-order valence-electron chi connectivity index (χ1n) is 7.23. The minimum absolute atomic E-state index is 0.275. The van der Waals surface area contributed by atoms with Crippen molar-refractivity contribution in [2.24, 2.45) is 0 Å². The Hall–Kier alpha value is -0.320. The molecule has 1 aliphatic rings. The summed E-state index contributed by atoms with van der Waals surface area (Å²) in [5.41, 5.74) is 0. The van der Waals surface area contributed by atoms with Gasteiger partial charge in [0.2, 0.25) is 5.91 Å². The van der Waals surface area contributed by atoms with E-state index in [4.69, 9.17) is 11.6 Å². The lowest BCUT2D eigenvalue weighted by Crippen LogP contribution is -2.48. The standard InChI is InChI=1S/C14H28ClN3O/c1-16(2)11-12-18(14(19)5-4-8-15)13-6-9-17(3)10-7-13/h13H,4-12H2,1-3H3. The van der Waals surface area contributed by atoms with E-state index in [1.165, 1.54) is 0 Å². The van der Waals surface area contributed by atoms with Crippen molar-refractivity contribution in [2.45, 2.75) is 31.7 Å². The van der Waals surface area contributed by atoms with E-state index < -0.39 is 0 Å². The highest BCUT2D eigenvalue weighted by Gasteiger charge is 2.26. The second-order valence-electron chi connectivity index (χ2n) is 5.72. The monoisotopic (exact) mass is 289 g/mol. The molecule has 1 amide bonds. The van der Waals surface area contributed by atoms with E-state index in [0.717, 1.165) is 45.4 Å². The molecule has 0 radical (unpaired) electrons. The fourth-order valence-corrected chi connectivity index (χ4v) is 2.62. The van der Waals surface area contributed by atoms with E-state index in [1.54, 1.807) is 0 Å². The molecule has 1 heterocycles. The molecule has 0 unspecified atom stereocenters. The number of likely N-dealkylation sites (N-methyl/N-ethyl adjacent to an activating group) is 1. The van der Waals surface area contributed by atoms with Crippen LogP contribution < -0.4 is 0 Å². The summed E-state index contributed by atoms with van der Waals surface area (Å²) in [6, 6.07) is 0.416. The average molecular weight is 290 g/mol. The van der Waals surface area contributed by atoms with Crippen LogP contribution in [-0.2, 0) is 4.79 Å². The highest BCUT2D eigenvalue weighted by Crippen LogP contribution is 2.17. The van der Waals surface area contributed by atoms with Crippen LogP contribution in [-0.4, -0.2) is 79.9 Å². The molecular formula is C14H28ClN3O. The fraction of sp³-hybridized carbons (Fsp3) is 0.929. The van der Waals surface area contributed by atoms with Gasteiger partial charge >= 0.3 is 0 Å². The van der Waals surface area contributed by atoms with Crippen LogP contribution >= 0.6 is 11.6 Å². The van der Waals surface area contributed by atoms with Crippen molar-refractivity contribution in [3.8, 4) is 0 Å². The predicted molar refractivity (Wildman–Crippen MR) is 80.7 cm³/mol. The molecule has 0 aromatic carbocycles. The van der Waals surface area contributed by atoms with Gasteiger partial charge in [-0.2, -0.15) is 0 Å². The van der Waals surface area contributed by atoms with Crippen molar-refractivity contribution in [1.29, 1.82) is 0 Å². The van der Waals surface area contributed by atoms with Gasteiger partial charge in [0.1, 0.15) is 0 Å². The maximum Gasteiger partial charge on any atom is 0.222 e. The summed E-state index contributed by atoms with van der Waals surface area (Å²) in [6.45, 7) is 3.94. The molecule has 5 heteroatoms. The topological polar surface area (TPSA) is 26.8 Å². The Morgan fingerprint density at radius 1 is 1.26 bits per heavy atom. The number of rotatable bonds is 7. The van der Waals surface area contributed by atoms with E-state index in [-0.39, 0.29) is 5.91 Å². The second kappa shape index (κ2) is 8.77. The van der Waals surface area contributed by atoms with Crippen molar-refractivity contribution in [2.75, 3.05) is 53.2 Å². The molecule has 1 saturated heterocycles. The number of piperidine rings is 1. The largest absolute Gasteiger partial charge is 0.338 e. The van der Waals surface area contributed by atoms with Gasteiger partial charge in [-0.15, -0.1) is 11.6 Å². The molecule has 0 aromatic rings. The molecule has 4 nitrogen and oxygen atoms in total. The Morgan fingerprint density at radius 2 is 1.89 bits per heavy atom. The molecule has 0 aliphatic carbocycles. The SMILES string of the molecule is CN(C)CCN(C(=O)CCCCl)C1CCN(C)CC1.